The van der Waals surface area contributed by atoms with Gasteiger partial charge in [0.1, 0.15) is 11.6 Å². The number of carbonyl (C=O) groups excluding carboxylic acids is 1. The zero-order valence-corrected chi connectivity index (χ0v) is 10.8. The van der Waals surface area contributed by atoms with E-state index < -0.39 is 0 Å². The van der Waals surface area contributed by atoms with Crippen LogP contribution in [-0.4, -0.2) is 10.6 Å². The lowest BCUT2D eigenvalue weighted by atomic mass is 10.0. The highest BCUT2D eigenvalue weighted by Crippen LogP contribution is 2.33. The molecule has 86 valence electrons. The van der Waals surface area contributed by atoms with Crippen LogP contribution in [0.15, 0.2) is 18.2 Å². The molecule has 1 fully saturated rings. The van der Waals surface area contributed by atoms with Crippen LogP contribution in [0.5, 0.6) is 0 Å². The van der Waals surface area contributed by atoms with Gasteiger partial charge in [0.2, 0.25) is 0 Å². The molecule has 0 amide bonds. The molecule has 1 saturated carbocycles. The predicted octanol–water partition coefficient (Wildman–Crippen LogP) is 3.42. The van der Waals surface area contributed by atoms with E-state index in [0.29, 0.717) is 6.42 Å². The standard InChI is InChI=1S/C13H14BrFO/c1-8-2-5-11(15)6-10(8)7-12(14)13(16)9-3-4-9/h2,5-6,9,12H,3-4,7H2,1H3. The smallest absolute Gasteiger partial charge is 0.149 e. The molecule has 1 aromatic carbocycles. The number of benzene rings is 1. The fraction of sp³-hybridized carbons (Fsp3) is 0.462. The molecule has 1 aliphatic rings. The van der Waals surface area contributed by atoms with Crippen LogP contribution in [0.4, 0.5) is 4.39 Å². The van der Waals surface area contributed by atoms with Crippen molar-refractivity contribution in [3.63, 3.8) is 0 Å². The van der Waals surface area contributed by atoms with Gasteiger partial charge in [-0.1, -0.05) is 22.0 Å². The maximum Gasteiger partial charge on any atom is 0.149 e. The van der Waals surface area contributed by atoms with Crippen molar-refractivity contribution in [1.29, 1.82) is 0 Å². The number of aryl methyl sites for hydroxylation is 1. The molecule has 1 aromatic rings. The van der Waals surface area contributed by atoms with Crippen LogP contribution in [0.25, 0.3) is 0 Å². The van der Waals surface area contributed by atoms with Crippen molar-refractivity contribution in [2.75, 3.05) is 0 Å². The van der Waals surface area contributed by atoms with E-state index in [1.807, 2.05) is 6.92 Å². The van der Waals surface area contributed by atoms with Crippen LogP contribution in [0.3, 0.4) is 0 Å². The molecular weight excluding hydrogens is 271 g/mol. The third-order valence-corrected chi connectivity index (χ3v) is 3.77. The van der Waals surface area contributed by atoms with E-state index in [1.54, 1.807) is 6.07 Å². The zero-order chi connectivity index (χ0) is 11.7. The average Bonchev–Trinajstić information content (AvgIpc) is 3.06. The molecule has 1 unspecified atom stereocenters. The Morgan fingerprint density at radius 1 is 1.56 bits per heavy atom. The van der Waals surface area contributed by atoms with Crippen molar-refractivity contribution in [2.24, 2.45) is 5.92 Å². The molecular formula is C13H14BrFO. The maximum atomic E-state index is 13.1. The van der Waals surface area contributed by atoms with E-state index in [-0.39, 0.29) is 22.3 Å². The van der Waals surface area contributed by atoms with Crippen molar-refractivity contribution in [3.05, 3.63) is 35.1 Å². The van der Waals surface area contributed by atoms with Gasteiger partial charge >= 0.3 is 0 Å². The fourth-order valence-electron chi connectivity index (χ4n) is 1.78. The zero-order valence-electron chi connectivity index (χ0n) is 9.17. The Morgan fingerprint density at radius 2 is 2.25 bits per heavy atom. The molecule has 0 aliphatic heterocycles. The van der Waals surface area contributed by atoms with Gasteiger partial charge in [-0.25, -0.2) is 4.39 Å². The van der Waals surface area contributed by atoms with Gasteiger partial charge in [-0.2, -0.15) is 0 Å². The van der Waals surface area contributed by atoms with Gasteiger partial charge < -0.3 is 0 Å². The number of hydrogen-bond acceptors (Lipinski definition) is 1. The number of hydrogen-bond donors (Lipinski definition) is 0. The summed E-state index contributed by atoms with van der Waals surface area (Å²) in [6.07, 6.45) is 2.62. The molecule has 1 atom stereocenters. The monoisotopic (exact) mass is 284 g/mol. The summed E-state index contributed by atoms with van der Waals surface area (Å²) in [5, 5.41) is 0. The van der Waals surface area contributed by atoms with E-state index in [0.717, 1.165) is 24.0 Å². The third-order valence-electron chi connectivity index (χ3n) is 3.00. The first-order valence-corrected chi connectivity index (χ1v) is 6.42. The lowest BCUT2D eigenvalue weighted by molar-refractivity contribution is -0.119. The Balaban J connectivity index is 2.07. The van der Waals surface area contributed by atoms with Crippen molar-refractivity contribution in [3.8, 4) is 0 Å². The summed E-state index contributed by atoms with van der Waals surface area (Å²) in [6, 6.07) is 4.72. The molecule has 3 heteroatoms. The first-order chi connectivity index (χ1) is 7.58. The number of Topliss-reactive ketones (excluding diaryl/α,β-unsaturated/α-hetero) is 1. The van der Waals surface area contributed by atoms with Crippen molar-refractivity contribution >= 4 is 21.7 Å². The van der Waals surface area contributed by atoms with Crippen LogP contribution in [-0.2, 0) is 11.2 Å². The number of alkyl halides is 1. The molecule has 1 nitrogen and oxygen atoms in total. The molecule has 0 radical (unpaired) electrons. The summed E-state index contributed by atoms with van der Waals surface area (Å²) < 4.78 is 13.1. The van der Waals surface area contributed by atoms with Gasteiger partial charge in [0.15, 0.2) is 0 Å². The minimum absolute atomic E-state index is 0.166. The Labute approximate surface area is 103 Å². The summed E-state index contributed by atoms with van der Waals surface area (Å²) >= 11 is 3.41. The first kappa shape index (κ1) is 11.8. The first-order valence-electron chi connectivity index (χ1n) is 5.51. The second kappa shape index (κ2) is 4.66. The van der Waals surface area contributed by atoms with Crippen molar-refractivity contribution in [1.82, 2.24) is 0 Å². The Kier molecular flexibility index (Phi) is 3.43. The van der Waals surface area contributed by atoms with Gasteiger partial charge in [0.25, 0.3) is 0 Å². The molecule has 0 spiro atoms. The van der Waals surface area contributed by atoms with Crippen LogP contribution in [0.1, 0.15) is 24.0 Å². The molecule has 0 saturated heterocycles. The van der Waals surface area contributed by atoms with E-state index in [2.05, 4.69) is 15.9 Å². The Hall–Kier alpha value is -0.700. The number of ketones is 1. The minimum Gasteiger partial charge on any atom is -0.298 e. The second-order valence-corrected chi connectivity index (χ2v) is 5.52. The normalized spacial score (nSPS) is 17.2. The van der Waals surface area contributed by atoms with E-state index in [9.17, 15) is 9.18 Å². The van der Waals surface area contributed by atoms with Gasteiger partial charge in [-0.05, 0) is 49.4 Å². The van der Waals surface area contributed by atoms with Crippen LogP contribution in [0.2, 0.25) is 0 Å². The highest BCUT2D eigenvalue weighted by molar-refractivity contribution is 9.10. The van der Waals surface area contributed by atoms with E-state index >= 15 is 0 Å². The summed E-state index contributed by atoms with van der Waals surface area (Å²) in [5.41, 5.74) is 1.95. The lowest BCUT2D eigenvalue weighted by Gasteiger charge is -2.10. The summed E-state index contributed by atoms with van der Waals surface area (Å²) in [4.78, 5) is 11.6. The molecule has 2 rings (SSSR count). The third kappa shape index (κ3) is 2.70. The summed E-state index contributed by atoms with van der Waals surface area (Å²) in [7, 11) is 0. The Bertz CT molecular complexity index is 412. The fourth-order valence-corrected chi connectivity index (χ4v) is 2.50. The van der Waals surface area contributed by atoms with Crippen LogP contribution >= 0.6 is 15.9 Å². The highest BCUT2D eigenvalue weighted by atomic mass is 79.9. The molecule has 0 aromatic heterocycles. The van der Waals surface area contributed by atoms with E-state index in [4.69, 9.17) is 0 Å². The second-order valence-electron chi connectivity index (χ2n) is 4.42. The van der Waals surface area contributed by atoms with Crippen LogP contribution in [0, 0.1) is 18.7 Å². The van der Waals surface area contributed by atoms with Crippen molar-refractivity contribution in [2.45, 2.75) is 31.0 Å². The largest absolute Gasteiger partial charge is 0.298 e. The number of halogens is 2. The quantitative estimate of drug-likeness (QED) is 0.775. The summed E-state index contributed by atoms with van der Waals surface area (Å²) in [5.74, 6) is 0.279. The summed E-state index contributed by atoms with van der Waals surface area (Å²) in [6.45, 7) is 1.94. The maximum absolute atomic E-state index is 13.1. The lowest BCUT2D eigenvalue weighted by Crippen LogP contribution is -2.18. The van der Waals surface area contributed by atoms with E-state index in [1.165, 1.54) is 12.1 Å². The van der Waals surface area contributed by atoms with Gasteiger partial charge in [0.05, 0.1) is 4.83 Å². The molecule has 0 heterocycles. The molecule has 16 heavy (non-hydrogen) atoms. The Morgan fingerprint density at radius 3 is 2.88 bits per heavy atom. The van der Waals surface area contributed by atoms with Gasteiger partial charge in [-0.15, -0.1) is 0 Å². The van der Waals surface area contributed by atoms with Gasteiger partial charge in [0, 0.05) is 5.92 Å². The van der Waals surface area contributed by atoms with Gasteiger partial charge in [-0.3, -0.25) is 4.79 Å². The molecule has 0 bridgehead atoms. The average molecular weight is 285 g/mol. The number of carbonyl (C=O) groups is 1. The predicted molar refractivity (Wildman–Crippen MR) is 65.3 cm³/mol. The van der Waals surface area contributed by atoms with Crippen LogP contribution < -0.4 is 0 Å². The minimum atomic E-state index is -0.237. The topological polar surface area (TPSA) is 17.1 Å². The van der Waals surface area contributed by atoms with Crippen molar-refractivity contribution < 1.29 is 9.18 Å². The highest BCUT2D eigenvalue weighted by Gasteiger charge is 2.33. The molecule has 1 aliphatic carbocycles. The number of rotatable bonds is 4. The molecule has 0 N–H and O–H groups in total. The SMILES string of the molecule is Cc1ccc(F)cc1CC(Br)C(=O)C1CC1.